The molecule has 1 aromatic heterocycles. The van der Waals surface area contributed by atoms with Gasteiger partial charge in [0.1, 0.15) is 0 Å². The molecule has 0 N–H and O–H groups in total. The molecule has 2 heteroatoms. The fourth-order valence-electron chi connectivity index (χ4n) is 7.25. The van der Waals surface area contributed by atoms with Gasteiger partial charge in [-0.1, -0.05) is 146 Å². The van der Waals surface area contributed by atoms with Crippen LogP contribution < -0.4 is 0 Å². The summed E-state index contributed by atoms with van der Waals surface area (Å²) in [4.78, 5) is 9.73. The highest BCUT2D eigenvalue weighted by Gasteiger charge is 2.16. The highest BCUT2D eigenvalue weighted by Crippen LogP contribution is 2.38. The van der Waals surface area contributed by atoms with Crippen molar-refractivity contribution in [3.05, 3.63) is 187 Å². The second-order valence-electron chi connectivity index (χ2n) is 12.6. The predicted octanol–water partition coefficient (Wildman–Crippen LogP) is 12.1. The van der Waals surface area contributed by atoms with E-state index in [1.54, 1.807) is 0 Å². The minimum Gasteiger partial charge on any atom is -0.237 e. The molecule has 1 heterocycles. The molecule has 0 spiro atoms. The molecule has 0 radical (unpaired) electrons. The Bertz CT molecular complexity index is 2510. The zero-order valence-electron chi connectivity index (χ0n) is 26.4. The van der Waals surface area contributed by atoms with Crippen LogP contribution in [0, 0.1) is 0 Å². The molecular weight excluding hydrogens is 581 g/mol. The number of rotatable bonds is 5. The summed E-state index contributed by atoms with van der Waals surface area (Å²) in [5, 5.41) is 7.80. The van der Waals surface area contributed by atoms with Crippen LogP contribution in [-0.2, 0) is 0 Å². The Kier molecular flexibility index (Phi) is 6.98. The third-order valence-corrected chi connectivity index (χ3v) is 9.64. The van der Waals surface area contributed by atoms with Gasteiger partial charge in [0, 0.05) is 23.2 Å². The molecule has 1 unspecified atom stereocenters. The van der Waals surface area contributed by atoms with Crippen molar-refractivity contribution < 1.29 is 0 Å². The molecule has 1 atom stereocenters. The van der Waals surface area contributed by atoms with Crippen LogP contribution in [0.2, 0.25) is 0 Å². The summed E-state index contributed by atoms with van der Waals surface area (Å²) in [6.07, 6.45) is 9.85. The molecule has 0 fully saturated rings. The van der Waals surface area contributed by atoms with Crippen LogP contribution in [0.4, 0.5) is 0 Å². The number of hydrogen-bond acceptors (Lipinski definition) is 2. The molecule has 8 aromatic rings. The summed E-state index contributed by atoms with van der Waals surface area (Å²) in [5.74, 6) is 1.00. The molecule has 226 valence electrons. The van der Waals surface area contributed by atoms with Crippen molar-refractivity contribution >= 4 is 37.9 Å². The van der Waals surface area contributed by atoms with Gasteiger partial charge < -0.3 is 0 Å². The molecule has 0 aliphatic heterocycles. The molecule has 7 aromatic carbocycles. The molecule has 0 bridgehead atoms. The number of benzene rings is 7. The fraction of sp³-hybridized carbons (Fsp3) is 0.0435. The Hall–Kier alpha value is -6.12. The largest absolute Gasteiger partial charge is 0.237 e. The third-order valence-electron chi connectivity index (χ3n) is 9.64. The molecule has 1 aliphatic rings. The first-order valence-corrected chi connectivity index (χ1v) is 16.6. The lowest BCUT2D eigenvalue weighted by Crippen LogP contribution is -2.00. The van der Waals surface area contributed by atoms with Gasteiger partial charge in [-0.05, 0) is 90.8 Å². The summed E-state index contributed by atoms with van der Waals surface area (Å²) in [6, 6.07) is 54.3. The van der Waals surface area contributed by atoms with Crippen LogP contribution in [0.25, 0.3) is 71.7 Å². The molecule has 9 rings (SSSR count). The van der Waals surface area contributed by atoms with E-state index in [0.29, 0.717) is 0 Å². The Labute approximate surface area is 280 Å². The lowest BCUT2D eigenvalue weighted by molar-refractivity contribution is 0.857. The van der Waals surface area contributed by atoms with Gasteiger partial charge in [-0.3, -0.25) is 0 Å². The Morgan fingerprint density at radius 3 is 1.90 bits per heavy atom. The van der Waals surface area contributed by atoms with Gasteiger partial charge in [0.15, 0.2) is 5.82 Å². The van der Waals surface area contributed by atoms with Crippen LogP contribution in [-0.4, -0.2) is 9.97 Å². The number of allylic oxidation sites excluding steroid dienone is 4. The van der Waals surface area contributed by atoms with Gasteiger partial charge in [-0.25, -0.2) is 9.97 Å². The van der Waals surface area contributed by atoms with E-state index in [0.717, 1.165) is 29.1 Å². The van der Waals surface area contributed by atoms with Crippen molar-refractivity contribution in [2.75, 3.05) is 0 Å². The minimum atomic E-state index is 0.264. The fourth-order valence-corrected chi connectivity index (χ4v) is 7.25. The summed E-state index contributed by atoms with van der Waals surface area (Å²) in [5.41, 5.74) is 9.17. The molecular formula is C46H32N2. The minimum absolute atomic E-state index is 0.264. The van der Waals surface area contributed by atoms with Crippen molar-refractivity contribution in [1.82, 2.24) is 9.97 Å². The van der Waals surface area contributed by atoms with E-state index >= 15 is 0 Å². The second-order valence-corrected chi connectivity index (χ2v) is 12.6. The van der Waals surface area contributed by atoms with Crippen molar-refractivity contribution in [2.45, 2.75) is 12.3 Å². The first kappa shape index (κ1) is 28.1. The summed E-state index contributed by atoms with van der Waals surface area (Å²) < 4.78 is 0. The van der Waals surface area contributed by atoms with Gasteiger partial charge in [0.25, 0.3) is 0 Å². The van der Waals surface area contributed by atoms with Gasteiger partial charge in [-0.2, -0.15) is 0 Å². The maximum absolute atomic E-state index is 5.03. The van der Waals surface area contributed by atoms with E-state index in [2.05, 4.69) is 158 Å². The summed E-state index contributed by atoms with van der Waals surface area (Å²) in [6.45, 7) is 0. The maximum Gasteiger partial charge on any atom is 0.159 e. The normalized spacial score (nSPS) is 14.4. The van der Waals surface area contributed by atoms with Crippen molar-refractivity contribution in [3.63, 3.8) is 0 Å². The van der Waals surface area contributed by atoms with Crippen molar-refractivity contribution in [2.24, 2.45) is 0 Å². The van der Waals surface area contributed by atoms with Crippen LogP contribution in [0.3, 0.4) is 0 Å². The third kappa shape index (κ3) is 5.09. The average molecular weight is 613 g/mol. The lowest BCUT2D eigenvalue weighted by Gasteiger charge is -2.19. The van der Waals surface area contributed by atoms with E-state index < -0.39 is 0 Å². The average Bonchev–Trinajstić information content (AvgIpc) is 3.18. The number of fused-ring (bicyclic) bond motifs is 6. The first-order chi connectivity index (χ1) is 23.8. The zero-order chi connectivity index (χ0) is 31.9. The van der Waals surface area contributed by atoms with Gasteiger partial charge in [0.05, 0.1) is 5.69 Å². The van der Waals surface area contributed by atoms with Gasteiger partial charge in [0.2, 0.25) is 0 Å². The number of hydrogen-bond donors (Lipinski definition) is 0. The molecule has 0 saturated heterocycles. The molecule has 1 aliphatic carbocycles. The standard InChI is InChI=1S/C46H32N2/c1-2-11-31(12-3-1)32-13-9-17-37(28-32)45-25-26-47-46(48-45)38-18-10-16-35(29-38)33-14-8-15-34(27-33)36-23-24-43-41-21-5-4-19-39(41)40-20-6-7-22-42(40)44(43)30-36/h1-13,15-30,33H,14H2. The highest BCUT2D eigenvalue weighted by molar-refractivity contribution is 6.25. The second kappa shape index (κ2) is 11.9. The van der Waals surface area contributed by atoms with E-state index in [1.807, 2.05) is 18.3 Å². The highest BCUT2D eigenvalue weighted by atomic mass is 14.9. The molecule has 48 heavy (non-hydrogen) atoms. The van der Waals surface area contributed by atoms with Crippen LogP contribution in [0.5, 0.6) is 0 Å². The Morgan fingerprint density at radius 1 is 0.458 bits per heavy atom. The maximum atomic E-state index is 5.03. The SMILES string of the molecule is C1=CC(c2ccc3c4ccccc4c4ccccc4c3c2)=CC(c2cccc(-c3nccc(-c4cccc(-c5ccccc5)c4)n3)c2)C1. The Morgan fingerprint density at radius 2 is 1.10 bits per heavy atom. The number of aromatic nitrogens is 2. The van der Waals surface area contributed by atoms with E-state index in [4.69, 9.17) is 9.97 Å². The summed E-state index contributed by atoms with van der Waals surface area (Å²) >= 11 is 0. The van der Waals surface area contributed by atoms with Crippen LogP contribution in [0.1, 0.15) is 23.5 Å². The molecule has 2 nitrogen and oxygen atoms in total. The smallest absolute Gasteiger partial charge is 0.159 e. The van der Waals surface area contributed by atoms with Crippen LogP contribution >= 0.6 is 0 Å². The monoisotopic (exact) mass is 612 g/mol. The Balaban J connectivity index is 1.05. The number of nitrogens with zero attached hydrogens (tertiary/aromatic N) is 2. The van der Waals surface area contributed by atoms with Crippen LogP contribution in [0.15, 0.2) is 176 Å². The summed E-state index contributed by atoms with van der Waals surface area (Å²) in [7, 11) is 0. The van der Waals surface area contributed by atoms with E-state index in [1.165, 1.54) is 60.1 Å². The topological polar surface area (TPSA) is 25.8 Å². The first-order valence-electron chi connectivity index (χ1n) is 16.6. The van der Waals surface area contributed by atoms with Crippen molar-refractivity contribution in [1.29, 1.82) is 0 Å². The van der Waals surface area contributed by atoms with Crippen molar-refractivity contribution in [3.8, 4) is 33.8 Å². The van der Waals surface area contributed by atoms with E-state index in [-0.39, 0.29) is 5.92 Å². The molecule has 0 amide bonds. The van der Waals surface area contributed by atoms with E-state index in [9.17, 15) is 0 Å². The zero-order valence-corrected chi connectivity index (χ0v) is 26.4. The lowest BCUT2D eigenvalue weighted by atomic mass is 9.86. The van der Waals surface area contributed by atoms with Gasteiger partial charge >= 0.3 is 0 Å². The molecule has 0 saturated carbocycles. The quantitative estimate of drug-likeness (QED) is 0.181. The predicted molar refractivity (Wildman–Crippen MR) is 202 cm³/mol. The van der Waals surface area contributed by atoms with Gasteiger partial charge in [-0.15, -0.1) is 0 Å².